The Morgan fingerprint density at radius 3 is 3.06 bits per heavy atom. The predicted molar refractivity (Wildman–Crippen MR) is 62.8 cm³/mol. The molecule has 17 heavy (non-hydrogen) atoms. The van der Waals surface area contributed by atoms with Crippen LogP contribution < -0.4 is 20.6 Å². The summed E-state index contributed by atoms with van der Waals surface area (Å²) in [5.74, 6) is 1.46. The molecule has 0 fully saturated rings. The van der Waals surface area contributed by atoms with Crippen molar-refractivity contribution in [2.24, 2.45) is 10.8 Å². The van der Waals surface area contributed by atoms with E-state index in [4.69, 9.17) is 15.2 Å². The quantitative estimate of drug-likeness (QED) is 0.605. The highest BCUT2D eigenvalue weighted by atomic mass is 16.7. The first kappa shape index (κ1) is 11.0. The third-order valence-corrected chi connectivity index (χ3v) is 2.02. The monoisotopic (exact) mass is 233 g/mol. The molecule has 0 bridgehead atoms. The first-order valence-electron chi connectivity index (χ1n) is 4.90. The standard InChI is InChI=1S/C11H11N3O3/c12-11(15)14-13-5-1-2-8-3-4-9-10(6-8)17-7-16-9/h1-6H,7H2,(H3,12,14,15)/b2-1+,13-5-. The average molecular weight is 233 g/mol. The van der Waals surface area contributed by atoms with Gasteiger partial charge in [0.25, 0.3) is 0 Å². The lowest BCUT2D eigenvalue weighted by Crippen LogP contribution is -2.24. The van der Waals surface area contributed by atoms with Gasteiger partial charge in [0.2, 0.25) is 6.79 Å². The van der Waals surface area contributed by atoms with Gasteiger partial charge in [-0.05, 0) is 23.8 Å². The smallest absolute Gasteiger partial charge is 0.332 e. The topological polar surface area (TPSA) is 85.9 Å². The molecule has 1 aliphatic heterocycles. The molecule has 1 aromatic carbocycles. The van der Waals surface area contributed by atoms with Crippen molar-refractivity contribution in [1.82, 2.24) is 5.43 Å². The third-order valence-electron chi connectivity index (χ3n) is 2.02. The highest BCUT2D eigenvalue weighted by Crippen LogP contribution is 2.32. The molecule has 0 atom stereocenters. The lowest BCUT2D eigenvalue weighted by molar-refractivity contribution is 0.174. The van der Waals surface area contributed by atoms with Crippen molar-refractivity contribution in [3.63, 3.8) is 0 Å². The van der Waals surface area contributed by atoms with E-state index in [-0.39, 0.29) is 6.79 Å². The number of primary amides is 1. The minimum atomic E-state index is -0.697. The zero-order valence-corrected chi connectivity index (χ0v) is 8.92. The van der Waals surface area contributed by atoms with Crippen molar-refractivity contribution in [2.75, 3.05) is 6.79 Å². The van der Waals surface area contributed by atoms with Crippen molar-refractivity contribution in [1.29, 1.82) is 0 Å². The summed E-state index contributed by atoms with van der Waals surface area (Å²) in [6, 6.07) is 4.88. The van der Waals surface area contributed by atoms with Crippen molar-refractivity contribution < 1.29 is 14.3 Å². The van der Waals surface area contributed by atoms with Crippen LogP contribution in [-0.2, 0) is 0 Å². The second kappa shape index (κ2) is 5.02. The number of amides is 2. The zero-order chi connectivity index (χ0) is 12.1. The number of rotatable bonds is 3. The molecule has 0 aromatic heterocycles. The number of hydrazone groups is 1. The van der Waals surface area contributed by atoms with E-state index in [0.717, 1.165) is 17.1 Å². The third kappa shape index (κ3) is 2.97. The Hall–Kier alpha value is -2.50. The van der Waals surface area contributed by atoms with Crippen molar-refractivity contribution in [3.05, 3.63) is 29.8 Å². The Bertz CT molecular complexity index is 483. The maximum atomic E-state index is 10.3. The van der Waals surface area contributed by atoms with Gasteiger partial charge in [0.1, 0.15) is 0 Å². The lowest BCUT2D eigenvalue weighted by Gasteiger charge is -1.96. The fourth-order valence-electron chi connectivity index (χ4n) is 1.31. The maximum absolute atomic E-state index is 10.3. The Morgan fingerprint density at radius 1 is 1.41 bits per heavy atom. The van der Waals surface area contributed by atoms with Gasteiger partial charge in [0.05, 0.1) is 0 Å². The number of nitrogens with one attached hydrogen (secondary N) is 1. The van der Waals surface area contributed by atoms with Gasteiger partial charge < -0.3 is 15.2 Å². The normalized spacial score (nSPS) is 13.4. The Morgan fingerprint density at radius 2 is 2.24 bits per heavy atom. The molecular formula is C11H11N3O3. The second-order valence-electron chi connectivity index (χ2n) is 3.23. The minimum absolute atomic E-state index is 0.256. The molecule has 3 N–H and O–H groups in total. The zero-order valence-electron chi connectivity index (χ0n) is 8.92. The minimum Gasteiger partial charge on any atom is -0.454 e. The highest BCUT2D eigenvalue weighted by molar-refractivity contribution is 5.80. The first-order chi connectivity index (χ1) is 8.25. The Labute approximate surface area is 97.7 Å². The van der Waals surface area contributed by atoms with Gasteiger partial charge in [-0.3, -0.25) is 0 Å². The number of carbonyl (C=O) groups is 1. The van der Waals surface area contributed by atoms with Crippen LogP contribution in [0, 0.1) is 0 Å². The van der Waals surface area contributed by atoms with Crippen LogP contribution in [0.5, 0.6) is 11.5 Å². The number of nitrogens with two attached hydrogens (primary N) is 1. The molecule has 6 heteroatoms. The number of urea groups is 1. The molecule has 0 spiro atoms. The van der Waals surface area contributed by atoms with Crippen LogP contribution in [0.2, 0.25) is 0 Å². The summed E-state index contributed by atoms with van der Waals surface area (Å²) in [6.07, 6.45) is 4.91. The summed E-state index contributed by atoms with van der Waals surface area (Å²) < 4.78 is 10.4. The molecular weight excluding hydrogens is 222 g/mol. The number of allylic oxidation sites excluding steroid dienone is 1. The molecule has 1 aliphatic rings. The van der Waals surface area contributed by atoms with Crippen LogP contribution in [0.15, 0.2) is 29.4 Å². The number of hydrogen-bond acceptors (Lipinski definition) is 4. The first-order valence-corrected chi connectivity index (χ1v) is 4.90. The summed E-state index contributed by atoms with van der Waals surface area (Å²) in [5, 5.41) is 3.57. The van der Waals surface area contributed by atoms with Gasteiger partial charge in [-0.1, -0.05) is 12.1 Å². The molecule has 0 saturated carbocycles. The highest BCUT2D eigenvalue weighted by Gasteiger charge is 2.11. The summed E-state index contributed by atoms with van der Waals surface area (Å²) in [5.41, 5.74) is 7.86. The number of hydrogen-bond donors (Lipinski definition) is 2. The van der Waals surface area contributed by atoms with Gasteiger partial charge >= 0.3 is 6.03 Å². The van der Waals surface area contributed by atoms with E-state index >= 15 is 0 Å². The van der Waals surface area contributed by atoms with Crippen molar-refractivity contribution in [2.45, 2.75) is 0 Å². The van der Waals surface area contributed by atoms with Crippen molar-refractivity contribution in [3.8, 4) is 11.5 Å². The predicted octanol–water partition coefficient (Wildman–Crippen LogP) is 1.08. The van der Waals surface area contributed by atoms with Crippen LogP contribution in [0.3, 0.4) is 0 Å². The number of nitrogens with zero attached hydrogens (tertiary/aromatic N) is 1. The number of carbonyl (C=O) groups excluding carboxylic acids is 1. The Balaban J connectivity index is 1.97. The SMILES string of the molecule is NC(=O)N/N=C\C=C\c1ccc2c(c1)OCO2. The molecule has 1 heterocycles. The molecule has 2 amide bonds. The summed E-state index contributed by atoms with van der Waals surface area (Å²) in [4.78, 5) is 10.3. The van der Waals surface area contributed by atoms with E-state index in [9.17, 15) is 4.79 Å². The molecule has 88 valence electrons. The average Bonchev–Trinajstić information content (AvgIpc) is 2.75. The molecule has 0 saturated heterocycles. The van der Waals surface area contributed by atoms with E-state index in [1.54, 1.807) is 6.08 Å². The van der Waals surface area contributed by atoms with Crippen molar-refractivity contribution >= 4 is 18.3 Å². The van der Waals surface area contributed by atoms with Gasteiger partial charge in [-0.2, -0.15) is 5.10 Å². The van der Waals surface area contributed by atoms with E-state index in [1.165, 1.54) is 6.21 Å². The Kier molecular flexibility index (Phi) is 3.25. The van der Waals surface area contributed by atoms with Gasteiger partial charge in [-0.15, -0.1) is 0 Å². The van der Waals surface area contributed by atoms with E-state index in [2.05, 4.69) is 10.5 Å². The molecule has 0 unspecified atom stereocenters. The van der Waals surface area contributed by atoms with E-state index in [1.807, 2.05) is 24.3 Å². The number of ether oxygens (including phenoxy) is 2. The van der Waals surface area contributed by atoms with Crippen LogP contribution in [0.1, 0.15) is 5.56 Å². The molecule has 0 radical (unpaired) electrons. The van der Waals surface area contributed by atoms with Gasteiger partial charge in [-0.25, -0.2) is 10.2 Å². The fraction of sp³-hybridized carbons (Fsp3) is 0.0909. The van der Waals surface area contributed by atoms with E-state index < -0.39 is 6.03 Å². The summed E-state index contributed by atoms with van der Waals surface area (Å²) in [7, 11) is 0. The number of fused-ring (bicyclic) bond motifs is 1. The molecule has 0 aliphatic carbocycles. The second-order valence-corrected chi connectivity index (χ2v) is 3.23. The largest absolute Gasteiger partial charge is 0.454 e. The van der Waals surface area contributed by atoms with Crippen LogP contribution >= 0.6 is 0 Å². The summed E-state index contributed by atoms with van der Waals surface area (Å²) in [6.45, 7) is 0.256. The van der Waals surface area contributed by atoms with Crippen LogP contribution in [0.25, 0.3) is 6.08 Å². The van der Waals surface area contributed by atoms with Gasteiger partial charge in [0.15, 0.2) is 11.5 Å². The lowest BCUT2D eigenvalue weighted by atomic mass is 10.2. The maximum Gasteiger partial charge on any atom is 0.332 e. The van der Waals surface area contributed by atoms with Crippen LogP contribution in [0.4, 0.5) is 4.79 Å². The molecule has 2 rings (SSSR count). The number of benzene rings is 1. The van der Waals surface area contributed by atoms with Crippen LogP contribution in [-0.4, -0.2) is 19.0 Å². The summed E-state index contributed by atoms with van der Waals surface area (Å²) >= 11 is 0. The molecule has 6 nitrogen and oxygen atoms in total. The van der Waals surface area contributed by atoms with E-state index in [0.29, 0.717) is 0 Å². The molecule has 1 aromatic rings. The fourth-order valence-corrected chi connectivity index (χ4v) is 1.31. The van der Waals surface area contributed by atoms with Gasteiger partial charge in [0, 0.05) is 6.21 Å².